The van der Waals surface area contributed by atoms with Gasteiger partial charge in [-0.25, -0.2) is 17.9 Å². The first-order chi connectivity index (χ1) is 12.9. The molecule has 1 aromatic rings. The van der Waals surface area contributed by atoms with E-state index in [0.717, 1.165) is 12.7 Å². The SMILES string of the molecule is CS(=O)(=O)NCC1COCCN1C(=O)Nc1ccccc1OC1CCOC1. The van der Waals surface area contributed by atoms with Gasteiger partial charge in [0.25, 0.3) is 0 Å². The summed E-state index contributed by atoms with van der Waals surface area (Å²) in [6.45, 7) is 2.35. The van der Waals surface area contributed by atoms with E-state index in [9.17, 15) is 13.2 Å². The third-order valence-electron chi connectivity index (χ3n) is 4.38. The third kappa shape index (κ3) is 5.80. The van der Waals surface area contributed by atoms with E-state index in [4.69, 9.17) is 14.2 Å². The van der Waals surface area contributed by atoms with E-state index >= 15 is 0 Å². The van der Waals surface area contributed by atoms with Crippen LogP contribution < -0.4 is 14.8 Å². The van der Waals surface area contributed by atoms with Crippen LogP contribution in [0.1, 0.15) is 6.42 Å². The van der Waals surface area contributed by atoms with Crippen LogP contribution in [-0.2, 0) is 19.5 Å². The third-order valence-corrected chi connectivity index (χ3v) is 5.07. The van der Waals surface area contributed by atoms with Gasteiger partial charge in [0, 0.05) is 19.5 Å². The number of sulfonamides is 1. The van der Waals surface area contributed by atoms with Crippen molar-refractivity contribution < 1.29 is 27.4 Å². The summed E-state index contributed by atoms with van der Waals surface area (Å²) in [4.78, 5) is 14.4. The molecule has 3 rings (SSSR count). The van der Waals surface area contributed by atoms with Crippen LogP contribution >= 0.6 is 0 Å². The van der Waals surface area contributed by atoms with Crippen LogP contribution in [0.2, 0.25) is 0 Å². The van der Waals surface area contributed by atoms with Crippen molar-refractivity contribution in [2.45, 2.75) is 18.6 Å². The molecule has 0 bridgehead atoms. The molecule has 2 aliphatic heterocycles. The average Bonchev–Trinajstić information content (AvgIpc) is 3.14. The van der Waals surface area contributed by atoms with Crippen LogP contribution in [0.25, 0.3) is 0 Å². The van der Waals surface area contributed by atoms with Gasteiger partial charge < -0.3 is 24.4 Å². The Morgan fingerprint density at radius 2 is 2.04 bits per heavy atom. The number of rotatable bonds is 6. The maximum atomic E-state index is 12.8. The van der Waals surface area contributed by atoms with Crippen LogP contribution in [0, 0.1) is 0 Å². The number of morpholine rings is 1. The summed E-state index contributed by atoms with van der Waals surface area (Å²) in [5.41, 5.74) is 0.565. The lowest BCUT2D eigenvalue weighted by molar-refractivity contribution is 0.0176. The lowest BCUT2D eigenvalue weighted by Crippen LogP contribution is -2.54. The molecule has 0 spiro atoms. The highest BCUT2D eigenvalue weighted by atomic mass is 32.2. The summed E-state index contributed by atoms with van der Waals surface area (Å²) in [5.74, 6) is 0.584. The molecule has 0 aromatic heterocycles. The number of carbonyl (C=O) groups is 1. The van der Waals surface area contributed by atoms with Crippen molar-refractivity contribution in [1.29, 1.82) is 0 Å². The highest BCUT2D eigenvalue weighted by Gasteiger charge is 2.29. The van der Waals surface area contributed by atoms with Gasteiger partial charge in [0.05, 0.1) is 44.4 Å². The zero-order valence-electron chi connectivity index (χ0n) is 15.2. The topological polar surface area (TPSA) is 106 Å². The zero-order valence-corrected chi connectivity index (χ0v) is 16.0. The minimum atomic E-state index is -3.35. The standard InChI is InChI=1S/C17H25N3O6S/c1-27(22,23)18-10-13-11-25-9-7-20(13)17(21)19-15-4-2-3-5-16(15)26-14-6-8-24-12-14/h2-5,13-14,18H,6-12H2,1H3,(H,19,21). The minimum Gasteiger partial charge on any atom is -0.486 e. The molecule has 2 atom stereocenters. The largest absolute Gasteiger partial charge is 0.486 e. The van der Waals surface area contributed by atoms with E-state index in [1.165, 1.54) is 0 Å². The summed E-state index contributed by atoms with van der Waals surface area (Å²) in [5, 5.41) is 2.87. The number of hydrogen-bond donors (Lipinski definition) is 2. The predicted molar refractivity (Wildman–Crippen MR) is 99.5 cm³/mol. The average molecular weight is 399 g/mol. The second-order valence-electron chi connectivity index (χ2n) is 6.57. The Labute approximate surface area is 159 Å². The number of anilines is 1. The number of urea groups is 1. The van der Waals surface area contributed by atoms with Gasteiger partial charge in [0.2, 0.25) is 10.0 Å². The Morgan fingerprint density at radius 3 is 2.78 bits per heavy atom. The molecule has 2 heterocycles. The summed E-state index contributed by atoms with van der Waals surface area (Å²) in [6, 6.07) is 6.52. The quantitative estimate of drug-likeness (QED) is 0.727. The minimum absolute atomic E-state index is 0.0295. The van der Waals surface area contributed by atoms with Crippen molar-refractivity contribution in [2.24, 2.45) is 0 Å². The molecule has 2 amide bonds. The maximum Gasteiger partial charge on any atom is 0.322 e. The molecule has 2 aliphatic rings. The van der Waals surface area contributed by atoms with Gasteiger partial charge in [0.1, 0.15) is 11.9 Å². The van der Waals surface area contributed by atoms with Gasteiger partial charge in [0.15, 0.2) is 0 Å². The molecule has 150 valence electrons. The molecular weight excluding hydrogens is 374 g/mol. The highest BCUT2D eigenvalue weighted by molar-refractivity contribution is 7.88. The first-order valence-corrected chi connectivity index (χ1v) is 10.7. The maximum absolute atomic E-state index is 12.8. The number of amides is 2. The summed E-state index contributed by atoms with van der Waals surface area (Å²) in [7, 11) is -3.35. The number of nitrogens with zero attached hydrogens (tertiary/aromatic N) is 1. The number of benzene rings is 1. The Morgan fingerprint density at radius 1 is 1.26 bits per heavy atom. The second-order valence-corrected chi connectivity index (χ2v) is 8.41. The molecule has 0 aliphatic carbocycles. The smallest absolute Gasteiger partial charge is 0.322 e. The van der Waals surface area contributed by atoms with Crippen LogP contribution in [0.4, 0.5) is 10.5 Å². The molecule has 2 unspecified atom stereocenters. The van der Waals surface area contributed by atoms with Gasteiger partial charge in [-0.2, -0.15) is 0 Å². The first kappa shape index (κ1) is 19.9. The summed E-state index contributed by atoms with van der Waals surface area (Å²) < 4.78 is 41.8. The Kier molecular flexibility index (Phi) is 6.53. The van der Waals surface area contributed by atoms with Crippen LogP contribution in [-0.4, -0.2) is 77.3 Å². The molecule has 10 heteroatoms. The molecule has 9 nitrogen and oxygen atoms in total. The van der Waals surface area contributed by atoms with E-state index in [2.05, 4.69) is 10.0 Å². The van der Waals surface area contributed by atoms with Crippen LogP contribution in [0.3, 0.4) is 0 Å². The number of nitrogens with one attached hydrogen (secondary N) is 2. The normalized spacial score (nSPS) is 23.2. The predicted octanol–water partition coefficient (Wildman–Crippen LogP) is 0.636. The molecule has 0 saturated carbocycles. The molecule has 0 radical (unpaired) electrons. The fraction of sp³-hybridized carbons (Fsp3) is 0.588. The van der Waals surface area contributed by atoms with Crippen LogP contribution in [0.15, 0.2) is 24.3 Å². The Balaban J connectivity index is 1.66. The zero-order chi connectivity index (χ0) is 19.3. The monoisotopic (exact) mass is 399 g/mol. The molecule has 27 heavy (non-hydrogen) atoms. The van der Waals surface area contributed by atoms with Crippen molar-refractivity contribution in [3.8, 4) is 5.75 Å². The lowest BCUT2D eigenvalue weighted by Gasteiger charge is -2.35. The van der Waals surface area contributed by atoms with E-state index < -0.39 is 10.0 Å². The molecule has 2 fully saturated rings. The fourth-order valence-electron chi connectivity index (χ4n) is 2.98. The van der Waals surface area contributed by atoms with E-state index in [1.807, 2.05) is 12.1 Å². The summed E-state index contributed by atoms with van der Waals surface area (Å²) >= 11 is 0. The van der Waals surface area contributed by atoms with Gasteiger partial charge >= 0.3 is 6.03 Å². The molecule has 2 N–H and O–H groups in total. The van der Waals surface area contributed by atoms with E-state index in [1.54, 1.807) is 17.0 Å². The van der Waals surface area contributed by atoms with Crippen molar-refractivity contribution in [3.63, 3.8) is 0 Å². The highest BCUT2D eigenvalue weighted by Crippen LogP contribution is 2.27. The van der Waals surface area contributed by atoms with Crippen molar-refractivity contribution in [3.05, 3.63) is 24.3 Å². The van der Waals surface area contributed by atoms with Crippen molar-refractivity contribution in [1.82, 2.24) is 9.62 Å². The van der Waals surface area contributed by atoms with Crippen molar-refractivity contribution in [2.75, 3.05) is 51.1 Å². The van der Waals surface area contributed by atoms with Crippen molar-refractivity contribution >= 4 is 21.7 Å². The first-order valence-electron chi connectivity index (χ1n) is 8.86. The number of hydrogen-bond acceptors (Lipinski definition) is 6. The number of para-hydroxylation sites is 2. The van der Waals surface area contributed by atoms with Gasteiger partial charge in [-0.3, -0.25) is 0 Å². The molecule has 2 saturated heterocycles. The number of ether oxygens (including phenoxy) is 3. The molecular formula is C17H25N3O6S. The Bertz CT molecular complexity index is 751. The lowest BCUT2D eigenvalue weighted by atomic mass is 10.2. The van der Waals surface area contributed by atoms with E-state index in [0.29, 0.717) is 37.8 Å². The van der Waals surface area contributed by atoms with Gasteiger partial charge in [-0.15, -0.1) is 0 Å². The molecule has 1 aromatic carbocycles. The van der Waals surface area contributed by atoms with E-state index in [-0.39, 0.29) is 31.3 Å². The Hall–Kier alpha value is -1.88. The fourth-order valence-corrected chi connectivity index (χ4v) is 3.48. The van der Waals surface area contributed by atoms with Crippen LogP contribution in [0.5, 0.6) is 5.75 Å². The number of carbonyl (C=O) groups excluding carboxylic acids is 1. The van der Waals surface area contributed by atoms with Gasteiger partial charge in [-0.05, 0) is 12.1 Å². The van der Waals surface area contributed by atoms with Gasteiger partial charge in [-0.1, -0.05) is 12.1 Å². The summed E-state index contributed by atoms with van der Waals surface area (Å²) in [6.07, 6.45) is 1.87. The second kappa shape index (κ2) is 8.87.